The number of rotatable bonds is 5. The van der Waals surface area contributed by atoms with Crippen LogP contribution in [0.5, 0.6) is 0 Å². The van der Waals surface area contributed by atoms with E-state index >= 15 is 0 Å². The van der Waals surface area contributed by atoms with Gasteiger partial charge in [-0.3, -0.25) is 9.89 Å². The number of halogens is 3. The topological polar surface area (TPSA) is 84.1 Å². The van der Waals surface area contributed by atoms with E-state index in [0.29, 0.717) is 29.5 Å². The molecule has 2 aromatic heterocycles. The van der Waals surface area contributed by atoms with Crippen molar-refractivity contribution in [2.24, 2.45) is 0 Å². The predicted molar refractivity (Wildman–Crippen MR) is 93.1 cm³/mol. The Kier molecular flexibility index (Phi) is 5.54. The summed E-state index contributed by atoms with van der Waals surface area (Å²) in [5.74, 6) is -1.34. The van der Waals surface area contributed by atoms with E-state index in [4.69, 9.17) is 4.74 Å². The first kappa shape index (κ1) is 19.4. The standard InChI is InChI=1S/C17H18F3N3O3S/c1-2-7-26-16(25)13-9-5-3-4-6-11(9)27-15(13)21-14(24)10-8-12(23-22-10)17(18,19)20/h8H,2-7H2,1H3,(H,21,24)(H,22,23). The van der Waals surface area contributed by atoms with Gasteiger partial charge in [0.2, 0.25) is 0 Å². The summed E-state index contributed by atoms with van der Waals surface area (Å²) in [5.41, 5.74) is -0.342. The minimum atomic E-state index is -4.62. The van der Waals surface area contributed by atoms with Crippen LogP contribution in [0.15, 0.2) is 6.07 Å². The molecule has 2 N–H and O–H groups in total. The molecule has 0 saturated heterocycles. The number of ether oxygens (including phenoxy) is 1. The van der Waals surface area contributed by atoms with Gasteiger partial charge in [-0.05, 0) is 37.7 Å². The van der Waals surface area contributed by atoms with Gasteiger partial charge in [-0.2, -0.15) is 18.3 Å². The Balaban J connectivity index is 1.87. The lowest BCUT2D eigenvalue weighted by atomic mass is 9.95. The molecule has 0 aromatic carbocycles. The van der Waals surface area contributed by atoms with E-state index in [0.717, 1.165) is 29.7 Å². The first-order valence-corrected chi connectivity index (χ1v) is 9.38. The van der Waals surface area contributed by atoms with Crippen molar-refractivity contribution in [1.29, 1.82) is 0 Å². The van der Waals surface area contributed by atoms with E-state index in [-0.39, 0.29) is 6.61 Å². The number of aromatic nitrogens is 2. The third-order valence-electron chi connectivity index (χ3n) is 4.16. The summed E-state index contributed by atoms with van der Waals surface area (Å²) in [6, 6.07) is 0.637. The van der Waals surface area contributed by atoms with Crippen LogP contribution in [0, 0.1) is 0 Å². The summed E-state index contributed by atoms with van der Waals surface area (Å²) in [4.78, 5) is 25.8. The number of fused-ring (bicyclic) bond motifs is 1. The van der Waals surface area contributed by atoms with Gasteiger partial charge < -0.3 is 10.1 Å². The largest absolute Gasteiger partial charge is 0.462 e. The lowest BCUT2D eigenvalue weighted by molar-refractivity contribution is -0.141. The quantitative estimate of drug-likeness (QED) is 0.736. The van der Waals surface area contributed by atoms with E-state index in [2.05, 4.69) is 10.4 Å². The molecule has 0 fully saturated rings. The molecular formula is C17H18F3N3O3S. The molecule has 0 aliphatic heterocycles. The predicted octanol–water partition coefficient (Wildman–Crippen LogP) is 4.19. The highest BCUT2D eigenvalue weighted by Crippen LogP contribution is 2.39. The Bertz CT molecular complexity index is 857. The van der Waals surface area contributed by atoms with Crippen LogP contribution in [-0.2, 0) is 23.8 Å². The van der Waals surface area contributed by atoms with Gasteiger partial charge in [0, 0.05) is 10.9 Å². The fraction of sp³-hybridized carbons (Fsp3) is 0.471. The van der Waals surface area contributed by atoms with Crippen molar-refractivity contribution in [3.05, 3.63) is 33.5 Å². The second kappa shape index (κ2) is 7.71. The van der Waals surface area contributed by atoms with Crippen LogP contribution in [0.4, 0.5) is 18.2 Å². The highest BCUT2D eigenvalue weighted by Gasteiger charge is 2.34. The zero-order chi connectivity index (χ0) is 19.6. The molecule has 1 amide bonds. The molecule has 2 aromatic rings. The third kappa shape index (κ3) is 4.15. The average Bonchev–Trinajstić information content (AvgIpc) is 3.24. The second-order valence-electron chi connectivity index (χ2n) is 6.17. The summed E-state index contributed by atoms with van der Waals surface area (Å²) < 4.78 is 43.2. The minimum absolute atomic E-state index is 0.255. The molecule has 3 rings (SSSR count). The molecule has 2 heterocycles. The second-order valence-corrected chi connectivity index (χ2v) is 7.27. The average molecular weight is 401 g/mol. The number of nitrogens with one attached hydrogen (secondary N) is 2. The molecule has 0 saturated carbocycles. The minimum Gasteiger partial charge on any atom is -0.462 e. The Hall–Kier alpha value is -2.36. The van der Waals surface area contributed by atoms with Crippen molar-refractivity contribution in [3.63, 3.8) is 0 Å². The number of thiophene rings is 1. The van der Waals surface area contributed by atoms with Crippen molar-refractivity contribution in [2.75, 3.05) is 11.9 Å². The van der Waals surface area contributed by atoms with Gasteiger partial charge in [0.15, 0.2) is 5.69 Å². The molecule has 0 atom stereocenters. The number of hydrogen-bond acceptors (Lipinski definition) is 5. The zero-order valence-corrected chi connectivity index (χ0v) is 15.4. The monoisotopic (exact) mass is 401 g/mol. The summed E-state index contributed by atoms with van der Waals surface area (Å²) in [6.45, 7) is 2.13. The van der Waals surface area contributed by atoms with Crippen molar-refractivity contribution >= 4 is 28.2 Å². The van der Waals surface area contributed by atoms with E-state index in [1.54, 1.807) is 5.10 Å². The van der Waals surface area contributed by atoms with Crippen molar-refractivity contribution < 1.29 is 27.5 Å². The first-order valence-electron chi connectivity index (χ1n) is 8.57. The van der Waals surface area contributed by atoms with Crippen molar-refractivity contribution in [3.8, 4) is 0 Å². The number of aromatic amines is 1. The van der Waals surface area contributed by atoms with Gasteiger partial charge in [-0.15, -0.1) is 11.3 Å². The number of nitrogens with zero attached hydrogens (tertiary/aromatic N) is 1. The molecular weight excluding hydrogens is 383 g/mol. The maximum atomic E-state index is 12.7. The summed E-state index contributed by atoms with van der Waals surface area (Å²) in [5, 5.41) is 8.05. The first-order chi connectivity index (χ1) is 12.8. The van der Waals surface area contributed by atoms with Gasteiger partial charge in [-0.25, -0.2) is 4.79 Å². The highest BCUT2D eigenvalue weighted by molar-refractivity contribution is 7.17. The van der Waals surface area contributed by atoms with Gasteiger partial charge in [0.1, 0.15) is 10.7 Å². The van der Waals surface area contributed by atoms with Gasteiger partial charge in [0.05, 0.1) is 12.2 Å². The summed E-state index contributed by atoms with van der Waals surface area (Å²) >= 11 is 1.27. The van der Waals surface area contributed by atoms with Crippen LogP contribution in [0.2, 0.25) is 0 Å². The Labute approximate surface area is 157 Å². The van der Waals surface area contributed by atoms with E-state index in [1.165, 1.54) is 11.3 Å². The molecule has 1 aliphatic carbocycles. The van der Waals surface area contributed by atoms with Crippen molar-refractivity contribution in [2.45, 2.75) is 45.2 Å². The Morgan fingerprint density at radius 2 is 2.07 bits per heavy atom. The van der Waals surface area contributed by atoms with Crippen LogP contribution in [0.3, 0.4) is 0 Å². The maximum Gasteiger partial charge on any atom is 0.432 e. The molecule has 0 radical (unpaired) electrons. The molecule has 10 heteroatoms. The normalized spacial score (nSPS) is 13.9. The Morgan fingerprint density at radius 1 is 1.33 bits per heavy atom. The lowest BCUT2D eigenvalue weighted by Crippen LogP contribution is -2.16. The van der Waals surface area contributed by atoms with Crippen LogP contribution < -0.4 is 5.32 Å². The molecule has 1 aliphatic rings. The van der Waals surface area contributed by atoms with E-state index in [1.807, 2.05) is 6.92 Å². The highest BCUT2D eigenvalue weighted by atomic mass is 32.1. The molecule has 27 heavy (non-hydrogen) atoms. The number of alkyl halides is 3. The van der Waals surface area contributed by atoms with Crippen LogP contribution in [0.25, 0.3) is 0 Å². The van der Waals surface area contributed by atoms with Gasteiger partial charge in [0.25, 0.3) is 5.91 Å². The zero-order valence-electron chi connectivity index (χ0n) is 14.5. The maximum absolute atomic E-state index is 12.7. The smallest absolute Gasteiger partial charge is 0.432 e. The number of hydrogen-bond donors (Lipinski definition) is 2. The molecule has 0 unspecified atom stereocenters. The van der Waals surface area contributed by atoms with Crippen LogP contribution in [0.1, 0.15) is 63.2 Å². The molecule has 6 nitrogen and oxygen atoms in total. The number of aryl methyl sites for hydroxylation is 1. The molecule has 0 bridgehead atoms. The van der Waals surface area contributed by atoms with Gasteiger partial charge >= 0.3 is 12.1 Å². The third-order valence-corrected chi connectivity index (χ3v) is 5.36. The Morgan fingerprint density at radius 3 is 2.74 bits per heavy atom. The number of carbonyl (C=O) groups excluding carboxylic acids is 2. The number of carbonyl (C=O) groups is 2. The van der Waals surface area contributed by atoms with Crippen LogP contribution in [-0.4, -0.2) is 28.7 Å². The van der Waals surface area contributed by atoms with Crippen LogP contribution >= 0.6 is 11.3 Å². The number of esters is 1. The number of anilines is 1. The SMILES string of the molecule is CCCOC(=O)c1c(NC(=O)c2cc(C(F)(F)F)[nH]n2)sc2c1CCCC2. The summed E-state index contributed by atoms with van der Waals surface area (Å²) in [6.07, 6.45) is -0.544. The van der Waals surface area contributed by atoms with Gasteiger partial charge in [-0.1, -0.05) is 6.92 Å². The van der Waals surface area contributed by atoms with Crippen molar-refractivity contribution in [1.82, 2.24) is 10.2 Å². The van der Waals surface area contributed by atoms with E-state index in [9.17, 15) is 22.8 Å². The molecule has 0 spiro atoms. The number of amides is 1. The fourth-order valence-corrected chi connectivity index (χ4v) is 4.16. The summed E-state index contributed by atoms with van der Waals surface area (Å²) in [7, 11) is 0. The molecule has 146 valence electrons. The fourth-order valence-electron chi connectivity index (χ4n) is 2.89. The van der Waals surface area contributed by atoms with E-state index < -0.39 is 29.4 Å². The lowest BCUT2D eigenvalue weighted by Gasteiger charge is -2.12. The number of H-pyrrole nitrogens is 1.